The second kappa shape index (κ2) is 10.1. The van der Waals surface area contributed by atoms with Crippen LogP contribution >= 0.6 is 0 Å². The first-order valence-electron chi connectivity index (χ1n) is 12.1. The molecule has 0 unspecified atom stereocenters. The van der Waals surface area contributed by atoms with E-state index in [2.05, 4.69) is 5.10 Å². The fourth-order valence-corrected chi connectivity index (χ4v) is 4.57. The van der Waals surface area contributed by atoms with Crippen molar-refractivity contribution in [2.45, 2.75) is 32.6 Å². The first kappa shape index (κ1) is 22.8. The molecule has 1 aliphatic heterocycles. The van der Waals surface area contributed by atoms with E-state index in [1.807, 2.05) is 67.6 Å². The van der Waals surface area contributed by atoms with Crippen molar-refractivity contribution in [3.63, 3.8) is 0 Å². The smallest absolute Gasteiger partial charge is 0.339 e. The number of aryl methyl sites for hydroxylation is 1. The molecule has 1 fully saturated rings. The Morgan fingerprint density at radius 2 is 1.57 bits per heavy atom. The lowest BCUT2D eigenvalue weighted by Crippen LogP contribution is -2.35. The third kappa shape index (κ3) is 4.80. The van der Waals surface area contributed by atoms with E-state index in [0.29, 0.717) is 28.0 Å². The Kier molecular flexibility index (Phi) is 6.57. The number of benzene rings is 2. The molecule has 7 heteroatoms. The van der Waals surface area contributed by atoms with Crippen LogP contribution in [0.4, 0.5) is 0 Å². The maximum atomic E-state index is 13.3. The van der Waals surface area contributed by atoms with Crippen molar-refractivity contribution in [3.05, 3.63) is 78.0 Å². The predicted octanol–water partition coefficient (Wildman–Crippen LogP) is 4.96. The number of fused-ring (bicyclic) bond motifs is 1. The molecule has 0 bridgehead atoms. The lowest BCUT2D eigenvalue weighted by atomic mass is 10.1. The van der Waals surface area contributed by atoms with Crippen molar-refractivity contribution in [2.75, 3.05) is 19.7 Å². The van der Waals surface area contributed by atoms with E-state index < -0.39 is 5.97 Å². The number of ether oxygens (including phenoxy) is 1. The van der Waals surface area contributed by atoms with Crippen molar-refractivity contribution in [1.29, 1.82) is 0 Å². The standard InChI is InChI=1S/C28H28N4O3/c1-20-26-23(28(34)35-19-25(33)31-16-10-2-3-11-17-31)18-24(21-12-6-4-7-13-21)29-27(26)32(30-20)22-14-8-5-9-15-22/h4-9,12-15,18H,2-3,10-11,16-17,19H2,1H3. The maximum absolute atomic E-state index is 13.3. The number of likely N-dealkylation sites (tertiary alicyclic amines) is 1. The number of para-hydroxylation sites is 1. The van der Waals surface area contributed by atoms with Gasteiger partial charge in [-0.3, -0.25) is 4.79 Å². The molecule has 7 nitrogen and oxygen atoms in total. The van der Waals surface area contributed by atoms with E-state index in [1.54, 1.807) is 15.6 Å². The first-order chi connectivity index (χ1) is 17.1. The van der Waals surface area contributed by atoms with Gasteiger partial charge in [-0.05, 0) is 38.0 Å². The molecule has 0 saturated carbocycles. The number of nitrogens with zero attached hydrogens (tertiary/aromatic N) is 4. The molecule has 4 aromatic rings. The molecule has 3 heterocycles. The molecule has 2 aromatic heterocycles. The number of rotatable bonds is 5. The number of carbonyl (C=O) groups is 2. The molecule has 1 aliphatic rings. The van der Waals surface area contributed by atoms with E-state index in [0.717, 1.165) is 50.0 Å². The molecule has 0 radical (unpaired) electrons. The highest BCUT2D eigenvalue weighted by atomic mass is 16.5. The zero-order valence-electron chi connectivity index (χ0n) is 19.8. The predicted molar refractivity (Wildman–Crippen MR) is 134 cm³/mol. The summed E-state index contributed by atoms with van der Waals surface area (Å²) in [5.41, 5.74) is 3.96. The lowest BCUT2D eigenvalue weighted by Gasteiger charge is -2.20. The molecule has 1 amide bonds. The minimum atomic E-state index is -0.548. The minimum Gasteiger partial charge on any atom is -0.452 e. The van der Waals surface area contributed by atoms with Crippen LogP contribution in [-0.4, -0.2) is 51.2 Å². The molecule has 178 valence electrons. The molecule has 0 aliphatic carbocycles. The Hall–Kier alpha value is -4.00. The Morgan fingerprint density at radius 1 is 0.914 bits per heavy atom. The van der Waals surface area contributed by atoms with Crippen molar-refractivity contribution >= 4 is 22.9 Å². The van der Waals surface area contributed by atoms with Gasteiger partial charge in [0.1, 0.15) is 0 Å². The van der Waals surface area contributed by atoms with Gasteiger partial charge in [0.15, 0.2) is 12.3 Å². The van der Waals surface area contributed by atoms with E-state index in [4.69, 9.17) is 9.72 Å². The topological polar surface area (TPSA) is 77.3 Å². The highest BCUT2D eigenvalue weighted by Crippen LogP contribution is 2.29. The van der Waals surface area contributed by atoms with Crippen molar-refractivity contribution < 1.29 is 14.3 Å². The summed E-state index contributed by atoms with van der Waals surface area (Å²) in [5, 5.41) is 5.31. The van der Waals surface area contributed by atoms with Gasteiger partial charge in [0.25, 0.3) is 5.91 Å². The van der Waals surface area contributed by atoms with Crippen molar-refractivity contribution in [3.8, 4) is 16.9 Å². The van der Waals surface area contributed by atoms with Gasteiger partial charge < -0.3 is 9.64 Å². The van der Waals surface area contributed by atoms with Crippen LogP contribution in [0.5, 0.6) is 0 Å². The molecule has 0 atom stereocenters. The maximum Gasteiger partial charge on any atom is 0.339 e. The minimum absolute atomic E-state index is 0.148. The van der Waals surface area contributed by atoms with Crippen LogP contribution in [0.3, 0.4) is 0 Å². The van der Waals surface area contributed by atoms with Gasteiger partial charge >= 0.3 is 5.97 Å². The summed E-state index contributed by atoms with van der Waals surface area (Å²) >= 11 is 0. The highest BCUT2D eigenvalue weighted by Gasteiger charge is 2.23. The zero-order chi connectivity index (χ0) is 24.2. The van der Waals surface area contributed by atoms with Gasteiger partial charge in [-0.2, -0.15) is 5.10 Å². The normalized spacial score (nSPS) is 14.0. The summed E-state index contributed by atoms with van der Waals surface area (Å²) in [6.45, 7) is 3.02. The van der Waals surface area contributed by atoms with Gasteiger partial charge in [0.05, 0.1) is 28.0 Å². The quantitative estimate of drug-likeness (QED) is 0.387. The number of hydrogen-bond acceptors (Lipinski definition) is 5. The number of amides is 1. The largest absolute Gasteiger partial charge is 0.452 e. The van der Waals surface area contributed by atoms with E-state index in [9.17, 15) is 9.59 Å². The van der Waals surface area contributed by atoms with Gasteiger partial charge in [-0.25, -0.2) is 14.5 Å². The Labute approximate surface area is 204 Å². The average molecular weight is 469 g/mol. The zero-order valence-corrected chi connectivity index (χ0v) is 19.8. The third-order valence-electron chi connectivity index (χ3n) is 6.39. The van der Waals surface area contributed by atoms with E-state index in [-0.39, 0.29) is 12.5 Å². The van der Waals surface area contributed by atoms with E-state index in [1.165, 1.54) is 0 Å². The van der Waals surface area contributed by atoms with Gasteiger partial charge in [0.2, 0.25) is 0 Å². The van der Waals surface area contributed by atoms with Crippen LogP contribution in [0.2, 0.25) is 0 Å². The highest BCUT2D eigenvalue weighted by molar-refractivity contribution is 6.05. The second-order valence-corrected chi connectivity index (χ2v) is 8.82. The van der Waals surface area contributed by atoms with Gasteiger partial charge in [-0.1, -0.05) is 61.4 Å². The van der Waals surface area contributed by atoms with Crippen LogP contribution in [-0.2, 0) is 9.53 Å². The summed E-state index contributed by atoms with van der Waals surface area (Å²) < 4.78 is 7.30. The number of esters is 1. The van der Waals surface area contributed by atoms with Crippen LogP contribution < -0.4 is 0 Å². The fourth-order valence-electron chi connectivity index (χ4n) is 4.57. The summed E-state index contributed by atoms with van der Waals surface area (Å²) in [4.78, 5) is 32.7. The molecule has 0 spiro atoms. The monoisotopic (exact) mass is 468 g/mol. The van der Waals surface area contributed by atoms with Crippen LogP contribution in [0, 0.1) is 6.92 Å². The number of hydrogen-bond donors (Lipinski definition) is 0. The molecule has 5 rings (SSSR count). The molecule has 1 saturated heterocycles. The van der Waals surface area contributed by atoms with Crippen molar-refractivity contribution in [1.82, 2.24) is 19.7 Å². The van der Waals surface area contributed by atoms with Crippen LogP contribution in [0.1, 0.15) is 41.7 Å². The number of pyridine rings is 1. The summed E-state index contributed by atoms with van der Waals surface area (Å²) in [7, 11) is 0. The molecular formula is C28H28N4O3. The third-order valence-corrected chi connectivity index (χ3v) is 6.39. The lowest BCUT2D eigenvalue weighted by molar-refractivity contribution is -0.134. The number of aromatic nitrogens is 3. The summed E-state index contributed by atoms with van der Waals surface area (Å²) in [6.07, 6.45) is 4.24. The second-order valence-electron chi connectivity index (χ2n) is 8.82. The van der Waals surface area contributed by atoms with Gasteiger partial charge in [-0.15, -0.1) is 0 Å². The Bertz CT molecular complexity index is 1340. The van der Waals surface area contributed by atoms with Crippen LogP contribution in [0.25, 0.3) is 28.0 Å². The summed E-state index contributed by atoms with van der Waals surface area (Å²) in [6, 6.07) is 21.1. The molecule has 35 heavy (non-hydrogen) atoms. The number of carbonyl (C=O) groups excluding carboxylic acids is 2. The van der Waals surface area contributed by atoms with Gasteiger partial charge in [0, 0.05) is 18.7 Å². The average Bonchev–Trinajstić information content (AvgIpc) is 3.06. The fraction of sp³-hybridized carbons (Fsp3) is 0.286. The first-order valence-corrected chi connectivity index (χ1v) is 12.1. The van der Waals surface area contributed by atoms with E-state index >= 15 is 0 Å². The van der Waals surface area contributed by atoms with Crippen molar-refractivity contribution in [2.24, 2.45) is 0 Å². The molecular weight excluding hydrogens is 440 g/mol. The van der Waals surface area contributed by atoms with Crippen LogP contribution in [0.15, 0.2) is 66.7 Å². The SMILES string of the molecule is Cc1nn(-c2ccccc2)c2nc(-c3ccccc3)cc(C(=O)OCC(=O)N3CCCCCC3)c12. The molecule has 2 aromatic carbocycles. The Balaban J connectivity index is 1.52. The molecule has 0 N–H and O–H groups in total. The Morgan fingerprint density at radius 3 is 2.26 bits per heavy atom. The summed E-state index contributed by atoms with van der Waals surface area (Å²) in [5.74, 6) is -0.695.